The van der Waals surface area contributed by atoms with Crippen molar-refractivity contribution in [2.75, 3.05) is 6.61 Å². The number of ether oxygens (including phenoxy) is 1. The van der Waals surface area contributed by atoms with E-state index in [9.17, 15) is 5.11 Å². The Labute approximate surface area is 71.6 Å². The fourth-order valence-corrected chi connectivity index (χ4v) is 0.823. The third-order valence-corrected chi connectivity index (χ3v) is 1.49. The third kappa shape index (κ3) is 2.64. The third-order valence-electron chi connectivity index (χ3n) is 1.49. The van der Waals surface area contributed by atoms with Gasteiger partial charge in [0, 0.05) is 11.8 Å². The van der Waals surface area contributed by atoms with Crippen molar-refractivity contribution < 1.29 is 9.84 Å². The summed E-state index contributed by atoms with van der Waals surface area (Å²) in [6.45, 7) is 4.18. The molecule has 0 aliphatic rings. The Hall–Kier alpha value is -0.870. The van der Waals surface area contributed by atoms with Gasteiger partial charge in [0.05, 0.1) is 18.9 Å². The van der Waals surface area contributed by atoms with E-state index in [1.807, 2.05) is 13.8 Å². The number of hydrogen-bond donors (Lipinski definition) is 2. The standard InChI is InChI=1S/C8H14N2O2/c1-6(2)12-5-8(11)7-3-9-10-4-7/h3-4,6,8,11H,5H2,1-2H3,(H,9,10). The SMILES string of the molecule is CC(C)OCC(O)c1cn[nH]c1. The van der Waals surface area contributed by atoms with Crippen molar-refractivity contribution in [3.63, 3.8) is 0 Å². The Bertz CT molecular complexity index is 209. The van der Waals surface area contributed by atoms with E-state index in [0.29, 0.717) is 6.61 Å². The van der Waals surface area contributed by atoms with E-state index in [0.717, 1.165) is 5.56 Å². The van der Waals surface area contributed by atoms with Crippen molar-refractivity contribution in [2.24, 2.45) is 0 Å². The van der Waals surface area contributed by atoms with E-state index in [-0.39, 0.29) is 6.10 Å². The molecule has 0 aliphatic heterocycles. The van der Waals surface area contributed by atoms with Gasteiger partial charge in [0.1, 0.15) is 6.10 Å². The molecule has 1 aromatic heterocycles. The second kappa shape index (κ2) is 4.23. The molecular weight excluding hydrogens is 156 g/mol. The maximum atomic E-state index is 9.47. The minimum atomic E-state index is -0.578. The molecule has 1 aromatic rings. The van der Waals surface area contributed by atoms with Gasteiger partial charge < -0.3 is 9.84 Å². The Morgan fingerprint density at radius 3 is 2.92 bits per heavy atom. The van der Waals surface area contributed by atoms with Gasteiger partial charge in [-0.2, -0.15) is 5.10 Å². The molecule has 4 nitrogen and oxygen atoms in total. The van der Waals surface area contributed by atoms with E-state index in [2.05, 4.69) is 10.2 Å². The van der Waals surface area contributed by atoms with Crippen LogP contribution in [0.3, 0.4) is 0 Å². The molecule has 0 bridgehead atoms. The van der Waals surface area contributed by atoms with Crippen molar-refractivity contribution in [3.05, 3.63) is 18.0 Å². The minimum Gasteiger partial charge on any atom is -0.386 e. The van der Waals surface area contributed by atoms with Crippen LogP contribution in [0.5, 0.6) is 0 Å². The molecule has 0 saturated carbocycles. The average molecular weight is 170 g/mol. The number of aliphatic hydroxyl groups excluding tert-OH is 1. The van der Waals surface area contributed by atoms with Crippen molar-refractivity contribution in [1.29, 1.82) is 0 Å². The summed E-state index contributed by atoms with van der Waals surface area (Å²) in [5.74, 6) is 0. The molecule has 2 N–H and O–H groups in total. The first-order valence-electron chi connectivity index (χ1n) is 3.98. The normalized spacial score (nSPS) is 13.7. The number of nitrogens with zero attached hydrogens (tertiary/aromatic N) is 1. The molecule has 0 fully saturated rings. The molecule has 0 aromatic carbocycles. The number of nitrogens with one attached hydrogen (secondary N) is 1. The molecule has 0 radical (unpaired) electrons. The molecular formula is C8H14N2O2. The predicted molar refractivity (Wildman–Crippen MR) is 44.6 cm³/mol. The monoisotopic (exact) mass is 170 g/mol. The second-order valence-corrected chi connectivity index (χ2v) is 2.93. The van der Waals surface area contributed by atoms with Gasteiger partial charge in [-0.15, -0.1) is 0 Å². The van der Waals surface area contributed by atoms with Crippen molar-refractivity contribution in [3.8, 4) is 0 Å². The zero-order chi connectivity index (χ0) is 8.97. The molecule has 12 heavy (non-hydrogen) atoms. The lowest BCUT2D eigenvalue weighted by atomic mass is 10.2. The highest BCUT2D eigenvalue weighted by molar-refractivity contribution is 5.06. The molecule has 4 heteroatoms. The fraction of sp³-hybridized carbons (Fsp3) is 0.625. The summed E-state index contributed by atoms with van der Waals surface area (Å²) in [6, 6.07) is 0. The van der Waals surface area contributed by atoms with Crippen LogP contribution in [0.15, 0.2) is 12.4 Å². The summed E-state index contributed by atoms with van der Waals surface area (Å²) in [6.07, 6.45) is 2.82. The highest BCUT2D eigenvalue weighted by atomic mass is 16.5. The lowest BCUT2D eigenvalue weighted by molar-refractivity contribution is 0.00494. The van der Waals surface area contributed by atoms with E-state index in [4.69, 9.17) is 4.74 Å². The van der Waals surface area contributed by atoms with E-state index in [1.165, 1.54) is 0 Å². The highest BCUT2D eigenvalue weighted by Crippen LogP contribution is 2.10. The van der Waals surface area contributed by atoms with Gasteiger partial charge in [-0.25, -0.2) is 0 Å². The average Bonchev–Trinajstić information content (AvgIpc) is 2.51. The van der Waals surface area contributed by atoms with Crippen LogP contribution in [0, 0.1) is 0 Å². The Morgan fingerprint density at radius 1 is 1.67 bits per heavy atom. The van der Waals surface area contributed by atoms with Gasteiger partial charge in [0.2, 0.25) is 0 Å². The number of aromatic nitrogens is 2. The van der Waals surface area contributed by atoms with Crippen LogP contribution >= 0.6 is 0 Å². The Kier molecular flexibility index (Phi) is 3.25. The molecule has 0 amide bonds. The van der Waals surface area contributed by atoms with E-state index < -0.39 is 6.10 Å². The van der Waals surface area contributed by atoms with Gasteiger partial charge in [-0.3, -0.25) is 5.10 Å². The van der Waals surface area contributed by atoms with Gasteiger partial charge in [-0.05, 0) is 13.8 Å². The molecule has 1 atom stereocenters. The summed E-state index contributed by atoms with van der Waals surface area (Å²) >= 11 is 0. The lowest BCUT2D eigenvalue weighted by Crippen LogP contribution is -2.11. The summed E-state index contributed by atoms with van der Waals surface area (Å²) in [5, 5.41) is 15.8. The molecule has 0 aliphatic carbocycles. The number of aromatic amines is 1. The van der Waals surface area contributed by atoms with Gasteiger partial charge in [-0.1, -0.05) is 0 Å². The quantitative estimate of drug-likeness (QED) is 0.704. The van der Waals surface area contributed by atoms with Crippen LogP contribution in [0.1, 0.15) is 25.5 Å². The van der Waals surface area contributed by atoms with Gasteiger partial charge in [0.15, 0.2) is 0 Å². The van der Waals surface area contributed by atoms with E-state index in [1.54, 1.807) is 12.4 Å². The minimum absolute atomic E-state index is 0.145. The predicted octanol–water partition coefficient (Wildman–Crippen LogP) is 0.868. The molecule has 1 heterocycles. The molecule has 0 spiro atoms. The number of aliphatic hydroxyl groups is 1. The zero-order valence-corrected chi connectivity index (χ0v) is 7.32. The van der Waals surface area contributed by atoms with Crippen molar-refractivity contribution in [1.82, 2.24) is 10.2 Å². The zero-order valence-electron chi connectivity index (χ0n) is 7.32. The molecule has 1 rings (SSSR count). The summed E-state index contributed by atoms with van der Waals surface area (Å²) in [5.41, 5.74) is 0.760. The Morgan fingerprint density at radius 2 is 2.42 bits per heavy atom. The molecule has 68 valence electrons. The molecule has 1 unspecified atom stereocenters. The van der Waals surface area contributed by atoms with Crippen LogP contribution < -0.4 is 0 Å². The maximum absolute atomic E-state index is 9.47. The number of rotatable bonds is 4. The molecule has 0 saturated heterocycles. The first-order valence-corrected chi connectivity index (χ1v) is 3.98. The van der Waals surface area contributed by atoms with Crippen LogP contribution in [-0.2, 0) is 4.74 Å². The summed E-state index contributed by atoms with van der Waals surface area (Å²) < 4.78 is 5.24. The number of hydrogen-bond acceptors (Lipinski definition) is 3. The van der Waals surface area contributed by atoms with Crippen LogP contribution in [0.25, 0.3) is 0 Å². The smallest absolute Gasteiger partial charge is 0.105 e. The van der Waals surface area contributed by atoms with Gasteiger partial charge in [0.25, 0.3) is 0 Å². The van der Waals surface area contributed by atoms with Gasteiger partial charge >= 0.3 is 0 Å². The second-order valence-electron chi connectivity index (χ2n) is 2.93. The number of H-pyrrole nitrogens is 1. The van der Waals surface area contributed by atoms with E-state index >= 15 is 0 Å². The largest absolute Gasteiger partial charge is 0.386 e. The first-order chi connectivity index (χ1) is 5.70. The summed E-state index contributed by atoms with van der Waals surface area (Å²) in [7, 11) is 0. The first kappa shape index (κ1) is 9.22. The van der Waals surface area contributed by atoms with Crippen molar-refractivity contribution in [2.45, 2.75) is 26.1 Å². The van der Waals surface area contributed by atoms with Crippen molar-refractivity contribution >= 4 is 0 Å². The summed E-state index contributed by atoms with van der Waals surface area (Å²) in [4.78, 5) is 0. The fourth-order valence-electron chi connectivity index (χ4n) is 0.823. The topological polar surface area (TPSA) is 58.1 Å². The Balaban J connectivity index is 2.34. The maximum Gasteiger partial charge on any atom is 0.105 e. The van der Waals surface area contributed by atoms with Crippen LogP contribution in [-0.4, -0.2) is 28.0 Å². The highest BCUT2D eigenvalue weighted by Gasteiger charge is 2.08. The lowest BCUT2D eigenvalue weighted by Gasteiger charge is -2.11. The van der Waals surface area contributed by atoms with Crippen LogP contribution in [0.2, 0.25) is 0 Å². The van der Waals surface area contributed by atoms with Crippen LogP contribution in [0.4, 0.5) is 0 Å².